The number of rotatable bonds is 3. The standard InChI is InChI=1S/C11H21NO2.C2H6/c1-6-9-12-8(7-13-5)10(14-9)11(2,3)4;1-2/h9,12H,6-7H2,1-5H3;1-2H3. The first-order valence-corrected chi connectivity index (χ1v) is 6.14. The van der Waals surface area contributed by atoms with Crippen molar-refractivity contribution in [3.8, 4) is 0 Å². The largest absolute Gasteiger partial charge is 0.473 e. The summed E-state index contributed by atoms with van der Waals surface area (Å²) in [7, 11) is 1.70. The van der Waals surface area contributed by atoms with Crippen molar-refractivity contribution in [2.45, 2.75) is 54.2 Å². The second-order valence-corrected chi connectivity index (χ2v) is 4.65. The topological polar surface area (TPSA) is 30.5 Å². The Morgan fingerprint density at radius 1 is 1.31 bits per heavy atom. The van der Waals surface area contributed by atoms with Crippen LogP contribution in [0, 0.1) is 5.41 Å². The predicted octanol–water partition coefficient (Wildman–Crippen LogP) is 3.27. The molecular weight excluding hydrogens is 202 g/mol. The molecule has 3 nitrogen and oxygen atoms in total. The van der Waals surface area contributed by atoms with Gasteiger partial charge in [0, 0.05) is 18.9 Å². The summed E-state index contributed by atoms with van der Waals surface area (Å²) in [5, 5.41) is 3.33. The first kappa shape index (κ1) is 15.3. The van der Waals surface area contributed by atoms with Crippen LogP contribution in [-0.4, -0.2) is 19.9 Å². The molecule has 0 aromatic rings. The van der Waals surface area contributed by atoms with Crippen molar-refractivity contribution in [2.75, 3.05) is 13.7 Å². The zero-order chi connectivity index (χ0) is 12.8. The van der Waals surface area contributed by atoms with Gasteiger partial charge in [0.15, 0.2) is 6.23 Å². The molecule has 1 atom stereocenters. The number of ether oxygens (including phenoxy) is 2. The molecule has 16 heavy (non-hydrogen) atoms. The smallest absolute Gasteiger partial charge is 0.169 e. The van der Waals surface area contributed by atoms with Gasteiger partial charge in [-0.3, -0.25) is 0 Å². The van der Waals surface area contributed by atoms with E-state index in [2.05, 4.69) is 33.0 Å². The zero-order valence-electron chi connectivity index (χ0n) is 11.8. The van der Waals surface area contributed by atoms with Gasteiger partial charge in [-0.15, -0.1) is 0 Å². The van der Waals surface area contributed by atoms with Gasteiger partial charge in [0.1, 0.15) is 5.76 Å². The van der Waals surface area contributed by atoms with Gasteiger partial charge in [0.2, 0.25) is 0 Å². The third-order valence-corrected chi connectivity index (χ3v) is 2.21. The number of methoxy groups -OCH3 is 1. The molecule has 1 aliphatic heterocycles. The van der Waals surface area contributed by atoms with Crippen LogP contribution >= 0.6 is 0 Å². The second-order valence-electron chi connectivity index (χ2n) is 4.65. The van der Waals surface area contributed by atoms with Crippen molar-refractivity contribution < 1.29 is 9.47 Å². The fourth-order valence-electron chi connectivity index (χ4n) is 1.57. The van der Waals surface area contributed by atoms with Gasteiger partial charge < -0.3 is 14.8 Å². The van der Waals surface area contributed by atoms with E-state index in [1.54, 1.807) is 7.11 Å². The quantitative estimate of drug-likeness (QED) is 0.805. The Labute approximate surface area is 100 Å². The van der Waals surface area contributed by atoms with Crippen molar-refractivity contribution >= 4 is 0 Å². The van der Waals surface area contributed by atoms with Gasteiger partial charge in [0.05, 0.1) is 12.3 Å². The van der Waals surface area contributed by atoms with Crippen LogP contribution in [0.25, 0.3) is 0 Å². The molecule has 0 aliphatic carbocycles. The van der Waals surface area contributed by atoms with E-state index in [0.29, 0.717) is 6.61 Å². The molecule has 0 aromatic heterocycles. The van der Waals surface area contributed by atoms with Crippen LogP contribution in [0.15, 0.2) is 11.5 Å². The molecular formula is C13H27NO2. The summed E-state index contributed by atoms with van der Waals surface area (Å²) >= 11 is 0. The van der Waals surface area contributed by atoms with Crippen LogP contribution < -0.4 is 5.32 Å². The van der Waals surface area contributed by atoms with E-state index in [1.165, 1.54) is 0 Å². The minimum Gasteiger partial charge on any atom is -0.473 e. The number of hydrogen-bond donors (Lipinski definition) is 1. The van der Waals surface area contributed by atoms with Crippen LogP contribution in [0.5, 0.6) is 0 Å². The molecule has 0 amide bonds. The molecule has 0 saturated heterocycles. The molecule has 96 valence electrons. The van der Waals surface area contributed by atoms with Crippen molar-refractivity contribution in [2.24, 2.45) is 5.41 Å². The Hall–Kier alpha value is -0.700. The zero-order valence-corrected chi connectivity index (χ0v) is 11.8. The van der Waals surface area contributed by atoms with Crippen molar-refractivity contribution in [3.63, 3.8) is 0 Å². The van der Waals surface area contributed by atoms with Gasteiger partial charge >= 0.3 is 0 Å². The molecule has 1 N–H and O–H groups in total. The second kappa shape index (κ2) is 6.79. The lowest BCUT2D eigenvalue weighted by Gasteiger charge is -2.21. The minimum absolute atomic E-state index is 0.0464. The van der Waals surface area contributed by atoms with E-state index in [9.17, 15) is 0 Å². The van der Waals surface area contributed by atoms with E-state index >= 15 is 0 Å². The molecule has 0 spiro atoms. The highest BCUT2D eigenvalue weighted by Crippen LogP contribution is 2.33. The Bertz CT molecular complexity index is 229. The summed E-state index contributed by atoms with van der Waals surface area (Å²) in [6, 6.07) is 0. The maximum atomic E-state index is 5.83. The SMILES string of the molecule is CC.CCC1NC(COC)=C(C(C)(C)C)O1. The van der Waals surface area contributed by atoms with E-state index in [4.69, 9.17) is 9.47 Å². The average Bonchev–Trinajstić information content (AvgIpc) is 2.64. The van der Waals surface area contributed by atoms with Crippen molar-refractivity contribution in [1.29, 1.82) is 0 Å². The highest BCUT2D eigenvalue weighted by Gasteiger charge is 2.31. The number of allylic oxidation sites excluding steroid dienone is 1. The summed E-state index contributed by atoms with van der Waals surface area (Å²) in [6.45, 7) is 13.2. The van der Waals surface area contributed by atoms with Crippen LogP contribution in [0.3, 0.4) is 0 Å². The maximum Gasteiger partial charge on any atom is 0.169 e. The summed E-state index contributed by atoms with van der Waals surface area (Å²) < 4.78 is 11.0. The van der Waals surface area contributed by atoms with Crippen molar-refractivity contribution in [3.05, 3.63) is 11.5 Å². The third kappa shape index (κ3) is 4.05. The van der Waals surface area contributed by atoms with Gasteiger partial charge in [-0.1, -0.05) is 41.5 Å². The Kier molecular flexibility index (Phi) is 6.49. The predicted molar refractivity (Wildman–Crippen MR) is 68.0 cm³/mol. The summed E-state index contributed by atoms with van der Waals surface area (Å²) in [5.74, 6) is 1.03. The minimum atomic E-state index is 0.0464. The summed E-state index contributed by atoms with van der Waals surface area (Å²) in [4.78, 5) is 0. The fourth-order valence-corrected chi connectivity index (χ4v) is 1.57. The van der Waals surface area contributed by atoms with Gasteiger partial charge in [0.25, 0.3) is 0 Å². The molecule has 0 fully saturated rings. The molecule has 0 saturated carbocycles. The molecule has 1 heterocycles. The van der Waals surface area contributed by atoms with Crippen LogP contribution in [0.2, 0.25) is 0 Å². The molecule has 0 radical (unpaired) electrons. The molecule has 1 aliphatic rings. The lowest BCUT2D eigenvalue weighted by atomic mass is 9.93. The molecule has 1 unspecified atom stereocenters. The van der Waals surface area contributed by atoms with Gasteiger partial charge in [-0.05, 0) is 0 Å². The maximum absolute atomic E-state index is 5.83. The average molecular weight is 229 g/mol. The number of hydrogen-bond acceptors (Lipinski definition) is 3. The van der Waals surface area contributed by atoms with E-state index in [0.717, 1.165) is 17.9 Å². The Morgan fingerprint density at radius 3 is 2.25 bits per heavy atom. The van der Waals surface area contributed by atoms with Crippen LogP contribution in [0.4, 0.5) is 0 Å². The van der Waals surface area contributed by atoms with Gasteiger partial charge in [-0.25, -0.2) is 0 Å². The van der Waals surface area contributed by atoms with Crippen LogP contribution in [0.1, 0.15) is 48.0 Å². The lowest BCUT2D eigenvalue weighted by molar-refractivity contribution is 0.0882. The third-order valence-electron chi connectivity index (χ3n) is 2.21. The van der Waals surface area contributed by atoms with Crippen molar-refractivity contribution in [1.82, 2.24) is 5.32 Å². The fraction of sp³-hybridized carbons (Fsp3) is 0.846. The van der Waals surface area contributed by atoms with E-state index < -0.39 is 0 Å². The summed E-state index contributed by atoms with van der Waals surface area (Å²) in [5.41, 5.74) is 1.14. The Morgan fingerprint density at radius 2 is 1.88 bits per heavy atom. The number of nitrogens with one attached hydrogen (secondary N) is 1. The highest BCUT2D eigenvalue weighted by molar-refractivity contribution is 5.18. The highest BCUT2D eigenvalue weighted by atomic mass is 16.5. The first-order chi connectivity index (χ1) is 7.49. The summed E-state index contributed by atoms with van der Waals surface area (Å²) in [6.07, 6.45) is 1.08. The van der Waals surface area contributed by atoms with E-state index in [1.807, 2.05) is 13.8 Å². The molecule has 0 bridgehead atoms. The molecule has 1 rings (SSSR count). The lowest BCUT2D eigenvalue weighted by Crippen LogP contribution is -2.24. The van der Waals surface area contributed by atoms with E-state index in [-0.39, 0.29) is 11.6 Å². The molecule has 3 heteroatoms. The van der Waals surface area contributed by atoms with Gasteiger partial charge in [-0.2, -0.15) is 0 Å². The first-order valence-electron chi connectivity index (χ1n) is 6.14. The molecule has 0 aromatic carbocycles. The normalized spacial score (nSPS) is 19.8. The Balaban J connectivity index is 0.00000106. The van der Waals surface area contributed by atoms with Crippen LogP contribution in [-0.2, 0) is 9.47 Å². The monoisotopic (exact) mass is 229 g/mol.